The first kappa shape index (κ1) is 20.3. The molecule has 2 heteroatoms. The van der Waals surface area contributed by atoms with E-state index in [9.17, 15) is 9.90 Å². The molecule has 2 atom stereocenters. The first-order valence-corrected chi connectivity index (χ1v) is 9.99. The molecular formula is C26H30O2. The molecular weight excluding hydrogens is 344 g/mol. The Labute approximate surface area is 168 Å². The van der Waals surface area contributed by atoms with Crippen LogP contribution in [0.5, 0.6) is 0 Å². The maximum atomic E-state index is 13.7. The molecule has 0 aromatic heterocycles. The van der Waals surface area contributed by atoms with E-state index in [1.165, 1.54) is 0 Å². The van der Waals surface area contributed by atoms with Crippen LogP contribution in [0.3, 0.4) is 0 Å². The molecule has 2 aromatic rings. The Bertz CT molecular complexity index is 921. The van der Waals surface area contributed by atoms with Crippen LogP contribution in [0, 0.1) is 17.3 Å². The van der Waals surface area contributed by atoms with Crippen LogP contribution >= 0.6 is 0 Å². The standard InChI is InChI=1S/C26H30O2/c1-17(2)24(27)25(6)23(21-15-11-8-12-16-21)22(20-13-9-7-10-14-20)19(5)26(25,28)18(3)4/h7-18,28H,5H2,1-4,6H3. The zero-order chi connectivity index (χ0) is 20.7. The molecule has 0 amide bonds. The molecule has 0 heterocycles. The molecule has 2 aromatic carbocycles. The first-order chi connectivity index (χ1) is 13.2. The zero-order valence-corrected chi connectivity index (χ0v) is 17.5. The average Bonchev–Trinajstić information content (AvgIpc) is 2.88. The molecule has 0 aliphatic heterocycles. The second-order valence-electron chi connectivity index (χ2n) is 8.53. The molecule has 0 bridgehead atoms. The summed E-state index contributed by atoms with van der Waals surface area (Å²) in [7, 11) is 0. The third kappa shape index (κ3) is 2.70. The lowest BCUT2D eigenvalue weighted by Crippen LogP contribution is -2.54. The second-order valence-corrected chi connectivity index (χ2v) is 8.53. The Morgan fingerprint density at radius 3 is 1.79 bits per heavy atom. The smallest absolute Gasteiger partial charge is 0.148 e. The van der Waals surface area contributed by atoms with Gasteiger partial charge in [-0.2, -0.15) is 0 Å². The topological polar surface area (TPSA) is 37.3 Å². The minimum atomic E-state index is -1.36. The molecule has 0 radical (unpaired) electrons. The van der Waals surface area contributed by atoms with Crippen LogP contribution in [0.1, 0.15) is 45.7 Å². The van der Waals surface area contributed by atoms with E-state index >= 15 is 0 Å². The number of carbonyl (C=O) groups is 1. The summed E-state index contributed by atoms with van der Waals surface area (Å²) in [6.45, 7) is 14.0. The van der Waals surface area contributed by atoms with Gasteiger partial charge >= 0.3 is 0 Å². The van der Waals surface area contributed by atoms with E-state index in [1.807, 2.05) is 95.3 Å². The van der Waals surface area contributed by atoms with Gasteiger partial charge in [0, 0.05) is 5.92 Å². The van der Waals surface area contributed by atoms with Gasteiger partial charge in [0.25, 0.3) is 0 Å². The minimum absolute atomic E-state index is 0.0367. The van der Waals surface area contributed by atoms with E-state index in [2.05, 4.69) is 6.58 Å². The van der Waals surface area contributed by atoms with Gasteiger partial charge in [-0.3, -0.25) is 4.79 Å². The number of rotatable bonds is 5. The summed E-state index contributed by atoms with van der Waals surface area (Å²) in [4.78, 5) is 13.7. The molecule has 1 aliphatic carbocycles. The summed E-state index contributed by atoms with van der Waals surface area (Å²) in [5.41, 5.74) is 1.88. The third-order valence-electron chi connectivity index (χ3n) is 6.25. The highest BCUT2D eigenvalue weighted by molar-refractivity contribution is 6.15. The number of carbonyl (C=O) groups excluding carboxylic acids is 1. The van der Waals surface area contributed by atoms with Gasteiger partial charge in [-0.05, 0) is 40.7 Å². The summed E-state index contributed by atoms with van der Waals surface area (Å²) >= 11 is 0. The monoisotopic (exact) mass is 374 g/mol. The van der Waals surface area contributed by atoms with Crippen molar-refractivity contribution in [1.82, 2.24) is 0 Å². The van der Waals surface area contributed by atoms with E-state index in [4.69, 9.17) is 0 Å². The fourth-order valence-electron chi connectivity index (χ4n) is 4.86. The van der Waals surface area contributed by atoms with Crippen molar-refractivity contribution in [3.05, 3.63) is 83.9 Å². The largest absolute Gasteiger partial charge is 0.383 e. The Hall–Kier alpha value is -2.45. The lowest BCUT2D eigenvalue weighted by molar-refractivity contribution is -0.140. The van der Waals surface area contributed by atoms with Crippen molar-refractivity contribution >= 4 is 16.9 Å². The van der Waals surface area contributed by atoms with Crippen molar-refractivity contribution in [1.29, 1.82) is 0 Å². The van der Waals surface area contributed by atoms with E-state index in [0.29, 0.717) is 5.57 Å². The summed E-state index contributed by atoms with van der Waals surface area (Å²) in [5.74, 6) is -0.348. The van der Waals surface area contributed by atoms with Crippen LogP contribution in [0.2, 0.25) is 0 Å². The number of aliphatic hydroxyl groups is 1. The lowest BCUT2D eigenvalue weighted by Gasteiger charge is -2.45. The van der Waals surface area contributed by atoms with E-state index < -0.39 is 11.0 Å². The maximum Gasteiger partial charge on any atom is 0.148 e. The Morgan fingerprint density at radius 1 is 0.893 bits per heavy atom. The lowest BCUT2D eigenvalue weighted by atomic mass is 9.60. The van der Waals surface area contributed by atoms with E-state index in [1.54, 1.807) is 0 Å². The molecule has 0 saturated heterocycles. The van der Waals surface area contributed by atoms with Gasteiger partial charge in [0.15, 0.2) is 0 Å². The molecule has 1 aliphatic rings. The molecule has 2 nitrogen and oxygen atoms in total. The first-order valence-electron chi connectivity index (χ1n) is 9.99. The molecule has 3 rings (SSSR count). The molecule has 0 saturated carbocycles. The molecule has 0 fully saturated rings. The van der Waals surface area contributed by atoms with Crippen LogP contribution in [-0.4, -0.2) is 16.5 Å². The highest BCUT2D eigenvalue weighted by Crippen LogP contribution is 2.62. The number of hydrogen-bond donors (Lipinski definition) is 1. The molecule has 1 N–H and O–H groups in total. The maximum absolute atomic E-state index is 13.7. The van der Waals surface area contributed by atoms with Gasteiger partial charge in [0.05, 0.1) is 5.41 Å². The Balaban J connectivity index is 2.46. The van der Waals surface area contributed by atoms with Crippen LogP contribution < -0.4 is 0 Å². The van der Waals surface area contributed by atoms with E-state index in [-0.39, 0.29) is 17.6 Å². The third-order valence-corrected chi connectivity index (χ3v) is 6.25. The van der Waals surface area contributed by atoms with Crippen molar-refractivity contribution in [3.63, 3.8) is 0 Å². The summed E-state index contributed by atoms with van der Waals surface area (Å²) in [6, 6.07) is 19.9. The number of hydrogen-bond acceptors (Lipinski definition) is 2. The Morgan fingerprint density at radius 2 is 1.36 bits per heavy atom. The molecule has 28 heavy (non-hydrogen) atoms. The number of Topliss-reactive ketones (excluding diaryl/α,β-unsaturated/α-hetero) is 1. The van der Waals surface area contributed by atoms with Crippen LogP contribution in [0.4, 0.5) is 0 Å². The SMILES string of the molecule is C=C1C(c2ccccc2)=C(c2ccccc2)C(C)(C(=O)C(C)C)C1(O)C(C)C. The average molecular weight is 375 g/mol. The fraction of sp³-hybridized carbons (Fsp3) is 0.346. The van der Waals surface area contributed by atoms with Crippen molar-refractivity contribution in [2.45, 2.75) is 40.2 Å². The van der Waals surface area contributed by atoms with Crippen LogP contribution in [0.25, 0.3) is 11.1 Å². The highest BCUT2D eigenvalue weighted by atomic mass is 16.3. The second kappa shape index (κ2) is 7.18. The molecule has 146 valence electrons. The summed E-state index contributed by atoms with van der Waals surface area (Å²) in [5, 5.41) is 12.1. The van der Waals surface area contributed by atoms with E-state index in [0.717, 1.165) is 22.3 Å². The van der Waals surface area contributed by atoms with Crippen molar-refractivity contribution in [2.75, 3.05) is 0 Å². The number of benzene rings is 2. The summed E-state index contributed by atoms with van der Waals surface area (Å²) < 4.78 is 0. The Kier molecular flexibility index (Phi) is 5.20. The highest BCUT2D eigenvalue weighted by Gasteiger charge is 2.63. The predicted octanol–water partition coefficient (Wildman–Crippen LogP) is 5.79. The van der Waals surface area contributed by atoms with Crippen molar-refractivity contribution in [2.24, 2.45) is 17.3 Å². The number of ketones is 1. The van der Waals surface area contributed by atoms with Crippen molar-refractivity contribution in [3.8, 4) is 0 Å². The predicted molar refractivity (Wildman–Crippen MR) is 117 cm³/mol. The zero-order valence-electron chi connectivity index (χ0n) is 17.5. The molecule has 2 unspecified atom stereocenters. The van der Waals surface area contributed by atoms with Gasteiger partial charge in [0.2, 0.25) is 0 Å². The quantitative estimate of drug-likeness (QED) is 0.720. The molecule has 0 spiro atoms. The summed E-state index contributed by atoms with van der Waals surface area (Å²) in [6.07, 6.45) is 0. The van der Waals surface area contributed by atoms with Crippen molar-refractivity contribution < 1.29 is 9.90 Å². The van der Waals surface area contributed by atoms with Gasteiger partial charge in [-0.15, -0.1) is 0 Å². The van der Waals surface area contributed by atoms with Gasteiger partial charge in [0.1, 0.15) is 11.4 Å². The normalized spacial score (nSPS) is 25.1. The van der Waals surface area contributed by atoms with Gasteiger partial charge in [-0.1, -0.05) is 94.9 Å². The van der Waals surface area contributed by atoms with Gasteiger partial charge in [-0.25, -0.2) is 0 Å². The fourth-order valence-corrected chi connectivity index (χ4v) is 4.86. The van der Waals surface area contributed by atoms with Gasteiger partial charge < -0.3 is 5.11 Å². The van der Waals surface area contributed by atoms with Crippen LogP contribution in [0.15, 0.2) is 72.8 Å². The minimum Gasteiger partial charge on any atom is -0.383 e. The van der Waals surface area contributed by atoms with Crippen LogP contribution in [-0.2, 0) is 4.79 Å².